The molecule has 0 radical (unpaired) electrons. The number of amides is 1. The smallest absolute Gasteiger partial charge is 0.255 e. The second-order valence-corrected chi connectivity index (χ2v) is 7.06. The van der Waals surface area contributed by atoms with E-state index in [2.05, 4.69) is 22.1 Å². The summed E-state index contributed by atoms with van der Waals surface area (Å²) in [6, 6.07) is 8.49. The van der Waals surface area contributed by atoms with E-state index in [9.17, 15) is 4.79 Å². The van der Waals surface area contributed by atoms with Crippen molar-refractivity contribution < 1.29 is 4.79 Å². The van der Waals surface area contributed by atoms with Crippen molar-refractivity contribution in [2.75, 3.05) is 23.3 Å². The summed E-state index contributed by atoms with van der Waals surface area (Å²) in [4.78, 5) is 19.1. The Balaban J connectivity index is 1.74. The van der Waals surface area contributed by atoms with Crippen LogP contribution >= 0.6 is 23.2 Å². The molecule has 0 aliphatic carbocycles. The van der Waals surface area contributed by atoms with Crippen LogP contribution in [0.2, 0.25) is 10.0 Å². The zero-order chi connectivity index (χ0) is 17.1. The number of nitrogens with zero attached hydrogens (tertiary/aromatic N) is 2. The molecule has 1 aliphatic heterocycles. The van der Waals surface area contributed by atoms with E-state index in [1.165, 1.54) is 0 Å². The molecule has 1 aliphatic rings. The molecule has 2 heterocycles. The highest BCUT2D eigenvalue weighted by atomic mass is 35.5. The second kappa shape index (κ2) is 7.41. The van der Waals surface area contributed by atoms with E-state index in [0.717, 1.165) is 37.7 Å². The van der Waals surface area contributed by atoms with Crippen LogP contribution in [0.5, 0.6) is 0 Å². The number of hydrogen-bond donors (Lipinski definition) is 1. The summed E-state index contributed by atoms with van der Waals surface area (Å²) < 4.78 is 0. The van der Waals surface area contributed by atoms with Gasteiger partial charge in [0.2, 0.25) is 0 Å². The van der Waals surface area contributed by atoms with Gasteiger partial charge in [0, 0.05) is 40.6 Å². The minimum absolute atomic E-state index is 0.206. The van der Waals surface area contributed by atoms with Crippen molar-refractivity contribution in [1.29, 1.82) is 0 Å². The molecule has 1 saturated heterocycles. The Morgan fingerprint density at radius 1 is 1.17 bits per heavy atom. The first-order valence-corrected chi connectivity index (χ1v) is 8.75. The Morgan fingerprint density at radius 2 is 1.83 bits per heavy atom. The van der Waals surface area contributed by atoms with Gasteiger partial charge in [0.15, 0.2) is 0 Å². The van der Waals surface area contributed by atoms with Crippen LogP contribution in [-0.2, 0) is 0 Å². The van der Waals surface area contributed by atoms with Crippen LogP contribution in [0.15, 0.2) is 36.5 Å². The lowest BCUT2D eigenvalue weighted by molar-refractivity contribution is 0.102. The summed E-state index contributed by atoms with van der Waals surface area (Å²) in [7, 11) is 0. The first kappa shape index (κ1) is 17.1. The van der Waals surface area contributed by atoms with Gasteiger partial charge in [-0.15, -0.1) is 0 Å². The number of rotatable bonds is 3. The van der Waals surface area contributed by atoms with E-state index in [1.807, 2.05) is 6.07 Å². The first-order valence-electron chi connectivity index (χ1n) is 8.00. The van der Waals surface area contributed by atoms with Crippen LogP contribution in [0.4, 0.5) is 11.5 Å². The molecule has 1 N–H and O–H groups in total. The van der Waals surface area contributed by atoms with Crippen molar-refractivity contribution in [3.63, 3.8) is 0 Å². The number of pyridine rings is 1. The summed E-state index contributed by atoms with van der Waals surface area (Å²) in [6.45, 7) is 4.22. The molecule has 126 valence electrons. The van der Waals surface area contributed by atoms with Crippen LogP contribution < -0.4 is 10.2 Å². The molecule has 6 heteroatoms. The SMILES string of the molecule is CC1CCN(c2cc(C(=O)Nc3cc(Cl)cc(Cl)c3)ccn2)CC1. The highest BCUT2D eigenvalue weighted by molar-refractivity contribution is 6.35. The lowest BCUT2D eigenvalue weighted by Gasteiger charge is -2.31. The standard InChI is InChI=1S/C18H19Cl2N3O/c1-12-3-6-23(7-4-12)17-8-13(2-5-21-17)18(24)22-16-10-14(19)9-15(20)11-16/h2,5,8-12H,3-4,6-7H2,1H3,(H,22,24). The Labute approximate surface area is 151 Å². The summed E-state index contributed by atoms with van der Waals surface area (Å²) in [6.07, 6.45) is 3.98. The molecule has 0 bridgehead atoms. The molecule has 1 aromatic heterocycles. The fraction of sp³-hybridized carbons (Fsp3) is 0.333. The van der Waals surface area contributed by atoms with Gasteiger partial charge in [-0.3, -0.25) is 4.79 Å². The molecular weight excluding hydrogens is 345 g/mol. The molecule has 0 unspecified atom stereocenters. The molecular formula is C18H19Cl2N3O. The van der Waals surface area contributed by atoms with Gasteiger partial charge >= 0.3 is 0 Å². The highest BCUT2D eigenvalue weighted by Crippen LogP contribution is 2.24. The van der Waals surface area contributed by atoms with Gasteiger partial charge in [0.25, 0.3) is 5.91 Å². The minimum Gasteiger partial charge on any atom is -0.357 e. The van der Waals surface area contributed by atoms with Crippen LogP contribution in [0.25, 0.3) is 0 Å². The number of anilines is 2. The third-order valence-corrected chi connectivity index (χ3v) is 4.67. The number of carbonyl (C=O) groups is 1. The Kier molecular flexibility index (Phi) is 5.27. The normalized spacial score (nSPS) is 15.4. The maximum absolute atomic E-state index is 12.5. The number of aromatic nitrogens is 1. The van der Waals surface area contributed by atoms with E-state index in [-0.39, 0.29) is 5.91 Å². The van der Waals surface area contributed by atoms with Gasteiger partial charge in [0.05, 0.1) is 0 Å². The number of hydrogen-bond acceptors (Lipinski definition) is 3. The van der Waals surface area contributed by atoms with Gasteiger partial charge < -0.3 is 10.2 Å². The predicted octanol–water partition coefficient (Wildman–Crippen LogP) is 4.88. The average molecular weight is 364 g/mol. The van der Waals surface area contributed by atoms with Crippen LogP contribution in [0, 0.1) is 5.92 Å². The van der Waals surface area contributed by atoms with Gasteiger partial charge in [-0.05, 0) is 49.1 Å². The van der Waals surface area contributed by atoms with Crippen molar-refractivity contribution in [2.45, 2.75) is 19.8 Å². The van der Waals surface area contributed by atoms with Crippen LogP contribution in [-0.4, -0.2) is 24.0 Å². The lowest BCUT2D eigenvalue weighted by Crippen LogP contribution is -2.33. The van der Waals surface area contributed by atoms with Crippen molar-refractivity contribution in [3.05, 3.63) is 52.1 Å². The van der Waals surface area contributed by atoms with Gasteiger partial charge in [-0.2, -0.15) is 0 Å². The van der Waals surface area contributed by atoms with E-state index in [0.29, 0.717) is 21.3 Å². The summed E-state index contributed by atoms with van der Waals surface area (Å²) in [5, 5.41) is 3.79. The predicted molar refractivity (Wildman–Crippen MR) is 99.3 cm³/mol. The summed E-state index contributed by atoms with van der Waals surface area (Å²) in [5.74, 6) is 1.39. The monoisotopic (exact) mass is 363 g/mol. The van der Waals surface area contributed by atoms with E-state index < -0.39 is 0 Å². The fourth-order valence-corrected chi connectivity index (χ4v) is 3.33. The lowest BCUT2D eigenvalue weighted by atomic mass is 9.99. The summed E-state index contributed by atoms with van der Waals surface area (Å²) in [5.41, 5.74) is 1.14. The number of halogens is 2. The van der Waals surface area contributed by atoms with Crippen molar-refractivity contribution in [1.82, 2.24) is 4.98 Å². The molecule has 4 nitrogen and oxygen atoms in total. The van der Waals surface area contributed by atoms with Crippen LogP contribution in [0.1, 0.15) is 30.1 Å². The number of nitrogens with one attached hydrogen (secondary N) is 1. The maximum atomic E-state index is 12.5. The van der Waals surface area contributed by atoms with Gasteiger partial charge in [0.1, 0.15) is 5.82 Å². The number of benzene rings is 1. The molecule has 0 spiro atoms. The van der Waals surface area contributed by atoms with Crippen molar-refractivity contribution in [2.24, 2.45) is 5.92 Å². The first-order chi connectivity index (χ1) is 11.5. The fourth-order valence-electron chi connectivity index (χ4n) is 2.80. The van der Waals surface area contributed by atoms with E-state index >= 15 is 0 Å². The highest BCUT2D eigenvalue weighted by Gasteiger charge is 2.18. The molecule has 2 aromatic rings. The Morgan fingerprint density at radius 3 is 2.50 bits per heavy atom. The second-order valence-electron chi connectivity index (χ2n) is 6.18. The molecule has 24 heavy (non-hydrogen) atoms. The molecule has 0 saturated carbocycles. The molecule has 3 rings (SSSR count). The average Bonchev–Trinajstić information content (AvgIpc) is 2.54. The van der Waals surface area contributed by atoms with Gasteiger partial charge in [-0.25, -0.2) is 4.98 Å². The largest absolute Gasteiger partial charge is 0.357 e. The van der Waals surface area contributed by atoms with Gasteiger partial charge in [-0.1, -0.05) is 30.1 Å². The zero-order valence-corrected chi connectivity index (χ0v) is 14.9. The van der Waals surface area contributed by atoms with E-state index in [1.54, 1.807) is 30.5 Å². The molecule has 1 aromatic carbocycles. The molecule has 1 fully saturated rings. The number of piperidine rings is 1. The Hall–Kier alpha value is -1.78. The topological polar surface area (TPSA) is 45.2 Å². The third kappa shape index (κ3) is 4.19. The molecule has 0 atom stereocenters. The van der Waals surface area contributed by atoms with Crippen LogP contribution in [0.3, 0.4) is 0 Å². The quantitative estimate of drug-likeness (QED) is 0.845. The third-order valence-electron chi connectivity index (χ3n) is 4.24. The maximum Gasteiger partial charge on any atom is 0.255 e. The number of carbonyl (C=O) groups excluding carboxylic acids is 1. The summed E-state index contributed by atoms with van der Waals surface area (Å²) >= 11 is 11.9. The molecule has 1 amide bonds. The Bertz CT molecular complexity index is 723. The van der Waals surface area contributed by atoms with Crippen molar-refractivity contribution in [3.8, 4) is 0 Å². The zero-order valence-electron chi connectivity index (χ0n) is 13.4. The van der Waals surface area contributed by atoms with Crippen molar-refractivity contribution >= 4 is 40.6 Å². The van der Waals surface area contributed by atoms with E-state index in [4.69, 9.17) is 23.2 Å². The minimum atomic E-state index is -0.206.